The molecule has 0 unspecified atom stereocenters. The summed E-state index contributed by atoms with van der Waals surface area (Å²) in [4.78, 5) is 12.9. The van der Waals surface area contributed by atoms with Gasteiger partial charge in [0.15, 0.2) is 11.9 Å². The van der Waals surface area contributed by atoms with E-state index in [0.29, 0.717) is 6.54 Å². The molecule has 2 nitrogen and oxygen atoms in total. The molecule has 0 spiro atoms. The Labute approximate surface area is 463 Å². The van der Waals surface area contributed by atoms with E-state index in [9.17, 15) is 110 Å². The van der Waals surface area contributed by atoms with E-state index >= 15 is 0 Å². The van der Waals surface area contributed by atoms with E-state index in [4.69, 9.17) is 0 Å². The second kappa shape index (κ2) is 22.0. The van der Waals surface area contributed by atoms with Gasteiger partial charge in [-0.25, -0.2) is 0 Å². The van der Waals surface area contributed by atoms with E-state index in [1.807, 2.05) is 42.6 Å². The zero-order chi connectivity index (χ0) is 62.8. The Morgan fingerprint density at radius 2 is 0.588 bits per heavy atom. The molecule has 0 saturated carbocycles. The summed E-state index contributed by atoms with van der Waals surface area (Å²) in [6.07, 6.45) is -52.8. The molecule has 9 rings (SSSR count). The lowest BCUT2D eigenvalue weighted by atomic mass is 9.12. The van der Waals surface area contributed by atoms with Crippen molar-refractivity contribution in [3.63, 3.8) is 0 Å². The fourth-order valence-electron chi connectivity index (χ4n) is 10.3. The fourth-order valence-corrected chi connectivity index (χ4v) is 10.3. The summed E-state index contributed by atoms with van der Waals surface area (Å²) in [5, 5.41) is 0. The number of alkyl halides is 24. The molecule has 7 aromatic carbocycles. The third-order valence-electron chi connectivity index (χ3n) is 14.0. The van der Waals surface area contributed by atoms with Crippen LogP contribution in [-0.4, -0.2) is 11.9 Å². The molecule has 8 aromatic rings. The minimum Gasteiger partial charge on any atom is -0.287 e. The average Bonchev–Trinajstić information content (AvgIpc) is 1.18. The third-order valence-corrected chi connectivity index (χ3v) is 14.0. The van der Waals surface area contributed by atoms with Crippen molar-refractivity contribution in [1.29, 1.82) is 0 Å². The molecule has 1 heterocycles. The van der Waals surface area contributed by atoms with E-state index in [-0.39, 0.29) is 11.7 Å². The summed E-state index contributed by atoms with van der Waals surface area (Å²) in [7, 11) is 0. The van der Waals surface area contributed by atoms with Crippen LogP contribution in [0, 0.1) is 0 Å². The molecular formula is C58H32BF24NO. The number of nitrogens with zero attached hydrogens (tertiary/aromatic N) is 1. The first kappa shape index (κ1) is 62.8. The van der Waals surface area contributed by atoms with Crippen LogP contribution in [0.15, 0.2) is 176 Å². The van der Waals surface area contributed by atoms with E-state index in [1.165, 1.54) is 22.3 Å². The first-order valence-electron chi connectivity index (χ1n) is 24.2. The van der Waals surface area contributed by atoms with Crippen LogP contribution in [-0.2, 0) is 56.0 Å². The van der Waals surface area contributed by atoms with Crippen molar-refractivity contribution in [2.24, 2.45) is 0 Å². The van der Waals surface area contributed by atoms with Gasteiger partial charge in [-0.05, 0) is 46.5 Å². The zero-order valence-electron chi connectivity index (χ0n) is 42.0. The maximum Gasteiger partial charge on any atom is 0.416 e. The van der Waals surface area contributed by atoms with Gasteiger partial charge >= 0.3 is 49.4 Å². The van der Waals surface area contributed by atoms with Crippen molar-refractivity contribution < 1.29 is 115 Å². The Balaban J connectivity index is 0.000000276. The number of hydrogen-bond donors (Lipinski definition) is 0. The van der Waals surface area contributed by atoms with Crippen molar-refractivity contribution in [1.82, 2.24) is 0 Å². The SMILES string of the molecule is FC(F)(F)c1cc([B-](c2cc(C(F)(F)F)cc(C(F)(F)F)c2)(c2cc(C(F)(F)F)cc(C(F)(F)F)c2)c2cc(C(F)(F)F)cc(C(F)(F)F)c2)cc(C(F)(F)F)c1.O=C(C[n+]1ccccc1C1c2ccccc2-c2ccccc21)c1ccccc1. The van der Waals surface area contributed by atoms with Gasteiger partial charge < -0.3 is 0 Å². The summed E-state index contributed by atoms with van der Waals surface area (Å²) < 4.78 is 343. The van der Waals surface area contributed by atoms with E-state index in [1.54, 1.807) is 0 Å². The molecule has 446 valence electrons. The van der Waals surface area contributed by atoms with Crippen LogP contribution in [0.25, 0.3) is 11.1 Å². The van der Waals surface area contributed by atoms with E-state index in [0.717, 1.165) is 11.3 Å². The molecule has 0 aliphatic heterocycles. The summed E-state index contributed by atoms with van der Waals surface area (Å²) in [6.45, 7) is 0.334. The highest BCUT2D eigenvalue weighted by Crippen LogP contribution is 2.47. The van der Waals surface area contributed by atoms with Crippen LogP contribution in [0.3, 0.4) is 0 Å². The predicted molar refractivity (Wildman–Crippen MR) is 260 cm³/mol. The van der Waals surface area contributed by atoms with Crippen LogP contribution >= 0.6 is 0 Å². The molecule has 0 saturated heterocycles. The molecule has 85 heavy (non-hydrogen) atoms. The van der Waals surface area contributed by atoms with Gasteiger partial charge in [0.05, 0.1) is 50.4 Å². The lowest BCUT2D eigenvalue weighted by Crippen LogP contribution is -2.75. The first-order valence-corrected chi connectivity index (χ1v) is 24.2. The summed E-state index contributed by atoms with van der Waals surface area (Å²) in [6, 6.07) is 24.1. The zero-order valence-corrected chi connectivity index (χ0v) is 42.0. The molecule has 0 amide bonds. The molecule has 1 aromatic heterocycles. The molecule has 0 radical (unpaired) electrons. The third kappa shape index (κ3) is 13.2. The molecule has 1 aliphatic carbocycles. The number of rotatable bonds is 8. The maximum absolute atomic E-state index is 14.2. The van der Waals surface area contributed by atoms with Crippen molar-refractivity contribution in [3.8, 4) is 11.1 Å². The number of ketones is 1. The monoisotopic (exact) mass is 1230 g/mol. The van der Waals surface area contributed by atoms with E-state index in [2.05, 4.69) is 65.2 Å². The van der Waals surface area contributed by atoms with Gasteiger partial charge in [-0.3, -0.25) is 4.79 Å². The predicted octanol–water partition coefficient (Wildman–Crippen LogP) is 16.2. The van der Waals surface area contributed by atoms with Crippen molar-refractivity contribution in [2.75, 3.05) is 0 Å². The van der Waals surface area contributed by atoms with Crippen LogP contribution in [0.5, 0.6) is 0 Å². The second-order valence-electron chi connectivity index (χ2n) is 19.4. The minimum absolute atomic E-state index is 0.123. The Bertz CT molecular complexity index is 3310. The van der Waals surface area contributed by atoms with E-state index < -0.39 is 195 Å². The molecule has 0 N–H and O–H groups in total. The molecule has 0 bridgehead atoms. The maximum atomic E-state index is 14.2. The average molecular weight is 1230 g/mol. The Morgan fingerprint density at radius 3 is 0.871 bits per heavy atom. The number of halogens is 24. The lowest BCUT2D eigenvalue weighted by Gasteiger charge is -2.46. The highest BCUT2D eigenvalue weighted by atomic mass is 19.4. The number of aromatic nitrogens is 1. The minimum atomic E-state index is -6.13. The Kier molecular flexibility index (Phi) is 16.2. The molecule has 27 heteroatoms. The van der Waals surface area contributed by atoms with Crippen molar-refractivity contribution in [3.05, 3.63) is 243 Å². The molecular weight excluding hydrogens is 1190 g/mol. The standard InChI is InChI=1S/C32H12BF24.C26H20NO/c34-25(35,36)13-1-14(26(37,38)39)6-21(5-13)33(22-7-15(27(40,41)42)2-16(8-22)28(43,44)45,23-9-17(29(46,47)48)3-18(10-23)30(49,50)51)24-11-19(31(52,53)54)4-20(12-24)32(55,56)57;28-25(19-10-2-1-3-11-19)18-27-17-9-8-16-24(27)26-22-14-6-4-12-20(22)21-13-5-7-15-23(21)26/h1-12H;1-17,26H,18H2/q-1;+1. The number of hydrogen-bond acceptors (Lipinski definition) is 1. The summed E-state index contributed by atoms with van der Waals surface area (Å²) >= 11 is 0. The van der Waals surface area contributed by atoms with Gasteiger partial charge in [-0.2, -0.15) is 132 Å². The Hall–Kier alpha value is -8.26. The van der Waals surface area contributed by atoms with Gasteiger partial charge in [0, 0.05) is 17.7 Å². The largest absolute Gasteiger partial charge is 0.416 e. The van der Waals surface area contributed by atoms with Gasteiger partial charge in [0.25, 0.3) is 0 Å². The number of benzene rings is 7. The van der Waals surface area contributed by atoms with Gasteiger partial charge in [-0.15, -0.1) is 0 Å². The number of Topliss-reactive ketones (excluding diaryl/α,β-unsaturated/α-hetero) is 1. The highest BCUT2D eigenvalue weighted by Gasteiger charge is 2.47. The normalized spacial score (nSPS) is 13.7. The highest BCUT2D eigenvalue weighted by molar-refractivity contribution is 7.20. The Morgan fingerprint density at radius 1 is 0.329 bits per heavy atom. The number of pyridine rings is 1. The fraction of sp³-hybridized carbons (Fsp3) is 0.172. The summed E-state index contributed by atoms with van der Waals surface area (Å²) in [5.74, 6) is 0.259. The topological polar surface area (TPSA) is 20.9 Å². The number of fused-ring (bicyclic) bond motifs is 3. The molecule has 0 fully saturated rings. The van der Waals surface area contributed by atoms with Crippen LogP contribution in [0.2, 0.25) is 0 Å². The van der Waals surface area contributed by atoms with Crippen LogP contribution in [0.4, 0.5) is 105 Å². The van der Waals surface area contributed by atoms with Gasteiger partial charge in [0.1, 0.15) is 6.15 Å². The van der Waals surface area contributed by atoms with Crippen LogP contribution in [0.1, 0.15) is 77.6 Å². The van der Waals surface area contributed by atoms with Gasteiger partial charge in [-0.1, -0.05) is 133 Å². The van der Waals surface area contributed by atoms with Gasteiger partial charge in [0.2, 0.25) is 12.3 Å². The van der Waals surface area contributed by atoms with Crippen molar-refractivity contribution in [2.45, 2.75) is 61.9 Å². The number of carbonyl (C=O) groups excluding carboxylic acids is 1. The first-order chi connectivity index (χ1) is 39.1. The quantitative estimate of drug-likeness (QED) is 0.0643. The second-order valence-corrected chi connectivity index (χ2v) is 19.4. The molecule has 0 atom stereocenters. The summed E-state index contributed by atoms with van der Waals surface area (Å²) in [5.41, 5.74) is -23.1. The molecule has 1 aliphatic rings. The van der Waals surface area contributed by atoms with Crippen LogP contribution < -0.4 is 26.4 Å². The van der Waals surface area contributed by atoms with Crippen molar-refractivity contribution >= 4 is 33.8 Å². The number of carbonyl (C=O) groups is 1. The smallest absolute Gasteiger partial charge is 0.287 e. The lowest BCUT2D eigenvalue weighted by molar-refractivity contribution is -0.691.